The SMILES string of the molecule is Cc1ccc2c(c1)C1(c3ccccc3-2)c2cc(C)ccc2-c2ccc(C)cc21. The van der Waals surface area contributed by atoms with Crippen LogP contribution in [0.15, 0.2) is 78.9 Å². The summed E-state index contributed by atoms with van der Waals surface area (Å²) in [5.74, 6) is 0. The number of fused-ring (bicyclic) bond motifs is 10. The van der Waals surface area contributed by atoms with Crippen molar-refractivity contribution in [2.45, 2.75) is 26.2 Å². The summed E-state index contributed by atoms with van der Waals surface area (Å²) in [5, 5.41) is 0. The quantitative estimate of drug-likeness (QED) is 0.275. The topological polar surface area (TPSA) is 0 Å². The van der Waals surface area contributed by atoms with E-state index >= 15 is 0 Å². The molecule has 0 heteroatoms. The zero-order valence-corrected chi connectivity index (χ0v) is 16.5. The lowest BCUT2D eigenvalue weighted by Crippen LogP contribution is -2.26. The molecular formula is C28H22. The Morgan fingerprint density at radius 2 is 0.821 bits per heavy atom. The van der Waals surface area contributed by atoms with Gasteiger partial charge in [0.1, 0.15) is 0 Å². The summed E-state index contributed by atoms with van der Waals surface area (Å²) in [4.78, 5) is 0. The van der Waals surface area contributed by atoms with Gasteiger partial charge >= 0.3 is 0 Å². The first-order chi connectivity index (χ1) is 13.6. The zero-order chi connectivity index (χ0) is 19.0. The lowest BCUT2D eigenvalue weighted by Gasteiger charge is -2.31. The minimum absolute atomic E-state index is 0.208. The van der Waals surface area contributed by atoms with Crippen LogP contribution in [0, 0.1) is 20.8 Å². The van der Waals surface area contributed by atoms with Gasteiger partial charge in [-0.3, -0.25) is 0 Å². The van der Waals surface area contributed by atoms with Gasteiger partial charge in [0.05, 0.1) is 5.41 Å². The van der Waals surface area contributed by atoms with Crippen LogP contribution in [0.3, 0.4) is 0 Å². The highest BCUT2D eigenvalue weighted by Crippen LogP contribution is 2.62. The van der Waals surface area contributed by atoms with Gasteiger partial charge in [-0.1, -0.05) is 95.6 Å². The second kappa shape index (κ2) is 5.23. The fraction of sp³-hybridized carbons (Fsp3) is 0.143. The van der Waals surface area contributed by atoms with Crippen LogP contribution in [0.5, 0.6) is 0 Å². The Morgan fingerprint density at radius 3 is 1.29 bits per heavy atom. The average Bonchev–Trinajstić information content (AvgIpc) is 3.13. The van der Waals surface area contributed by atoms with Crippen LogP contribution >= 0.6 is 0 Å². The van der Waals surface area contributed by atoms with Gasteiger partial charge in [-0.25, -0.2) is 0 Å². The first-order valence-electron chi connectivity index (χ1n) is 10.0. The molecule has 6 rings (SSSR count). The van der Waals surface area contributed by atoms with Gasteiger partial charge < -0.3 is 0 Å². The van der Waals surface area contributed by atoms with E-state index in [0.29, 0.717) is 0 Å². The molecule has 0 unspecified atom stereocenters. The number of hydrogen-bond donors (Lipinski definition) is 0. The third-order valence-corrected chi connectivity index (χ3v) is 6.65. The van der Waals surface area contributed by atoms with E-state index in [-0.39, 0.29) is 5.41 Å². The van der Waals surface area contributed by atoms with Crippen molar-refractivity contribution < 1.29 is 0 Å². The van der Waals surface area contributed by atoms with E-state index in [2.05, 4.69) is 99.6 Å². The van der Waals surface area contributed by atoms with Crippen molar-refractivity contribution in [1.29, 1.82) is 0 Å². The number of benzene rings is 4. The monoisotopic (exact) mass is 358 g/mol. The van der Waals surface area contributed by atoms with Crippen molar-refractivity contribution in [2.75, 3.05) is 0 Å². The van der Waals surface area contributed by atoms with Gasteiger partial charge in [0.15, 0.2) is 0 Å². The van der Waals surface area contributed by atoms with Crippen LogP contribution in [-0.2, 0) is 5.41 Å². The molecular weight excluding hydrogens is 336 g/mol. The molecule has 0 radical (unpaired) electrons. The van der Waals surface area contributed by atoms with Crippen LogP contribution in [0.4, 0.5) is 0 Å². The van der Waals surface area contributed by atoms with E-state index < -0.39 is 0 Å². The van der Waals surface area contributed by atoms with E-state index in [0.717, 1.165) is 0 Å². The van der Waals surface area contributed by atoms with Gasteiger partial charge in [-0.15, -0.1) is 0 Å². The Labute approximate surface area is 166 Å². The molecule has 0 saturated heterocycles. The van der Waals surface area contributed by atoms with Crippen LogP contribution in [0.2, 0.25) is 0 Å². The van der Waals surface area contributed by atoms with E-state index in [1.165, 1.54) is 61.2 Å². The number of aryl methyl sites for hydroxylation is 3. The fourth-order valence-electron chi connectivity index (χ4n) is 5.53. The lowest BCUT2D eigenvalue weighted by molar-refractivity contribution is 0.790. The number of rotatable bonds is 0. The first kappa shape index (κ1) is 15.9. The van der Waals surface area contributed by atoms with Crippen LogP contribution in [0.25, 0.3) is 22.3 Å². The molecule has 4 aromatic carbocycles. The molecule has 0 aromatic heterocycles. The highest BCUT2D eigenvalue weighted by Gasteiger charge is 2.51. The lowest BCUT2D eigenvalue weighted by atomic mass is 9.70. The van der Waals surface area contributed by atoms with E-state index in [4.69, 9.17) is 0 Å². The molecule has 134 valence electrons. The van der Waals surface area contributed by atoms with Crippen LogP contribution in [-0.4, -0.2) is 0 Å². The van der Waals surface area contributed by atoms with E-state index in [9.17, 15) is 0 Å². The van der Waals surface area contributed by atoms with Crippen molar-refractivity contribution >= 4 is 0 Å². The smallest absolute Gasteiger partial charge is 0.0619 e. The molecule has 0 heterocycles. The summed E-state index contributed by atoms with van der Waals surface area (Å²) in [6.07, 6.45) is 0. The molecule has 0 atom stereocenters. The fourth-order valence-corrected chi connectivity index (χ4v) is 5.53. The molecule has 1 spiro atoms. The zero-order valence-electron chi connectivity index (χ0n) is 16.5. The Hall–Kier alpha value is -3.12. The minimum Gasteiger partial charge on any atom is -0.0619 e. The minimum atomic E-state index is -0.208. The van der Waals surface area contributed by atoms with Gasteiger partial charge in [0.25, 0.3) is 0 Å². The van der Waals surface area contributed by atoms with Crippen LogP contribution in [0.1, 0.15) is 38.9 Å². The molecule has 2 aliphatic rings. The van der Waals surface area contributed by atoms with E-state index in [1.54, 1.807) is 0 Å². The molecule has 0 saturated carbocycles. The molecule has 0 fully saturated rings. The van der Waals surface area contributed by atoms with Gasteiger partial charge in [0, 0.05) is 0 Å². The molecule has 0 N–H and O–H groups in total. The maximum atomic E-state index is 2.42. The largest absolute Gasteiger partial charge is 0.0725 e. The summed E-state index contributed by atoms with van der Waals surface area (Å²) in [6, 6.07) is 30.0. The summed E-state index contributed by atoms with van der Waals surface area (Å²) in [6.45, 7) is 6.63. The molecule has 0 nitrogen and oxygen atoms in total. The van der Waals surface area contributed by atoms with Gasteiger partial charge in [-0.05, 0) is 65.3 Å². The number of hydrogen-bond acceptors (Lipinski definition) is 0. The maximum absolute atomic E-state index is 2.42. The molecule has 0 amide bonds. The molecule has 4 aromatic rings. The highest BCUT2D eigenvalue weighted by molar-refractivity contribution is 5.95. The normalized spacial score (nSPS) is 14.5. The molecule has 0 bridgehead atoms. The second-order valence-electron chi connectivity index (χ2n) is 8.44. The van der Waals surface area contributed by atoms with Crippen molar-refractivity contribution in [3.05, 3.63) is 118 Å². The summed E-state index contributed by atoms with van der Waals surface area (Å²) >= 11 is 0. The summed E-state index contributed by atoms with van der Waals surface area (Å²) in [5.41, 5.74) is 15.0. The molecule has 0 aliphatic heterocycles. The van der Waals surface area contributed by atoms with E-state index in [1.807, 2.05) is 0 Å². The predicted molar refractivity (Wildman–Crippen MR) is 117 cm³/mol. The molecule has 28 heavy (non-hydrogen) atoms. The Morgan fingerprint density at radius 1 is 0.429 bits per heavy atom. The summed E-state index contributed by atoms with van der Waals surface area (Å²) in [7, 11) is 0. The summed E-state index contributed by atoms with van der Waals surface area (Å²) < 4.78 is 0. The van der Waals surface area contributed by atoms with Crippen molar-refractivity contribution in [3.8, 4) is 22.3 Å². The third kappa shape index (κ3) is 1.76. The van der Waals surface area contributed by atoms with Gasteiger partial charge in [-0.2, -0.15) is 0 Å². The Kier molecular flexibility index (Phi) is 2.97. The Bertz CT molecular complexity index is 1220. The second-order valence-corrected chi connectivity index (χ2v) is 8.44. The third-order valence-electron chi connectivity index (χ3n) is 6.65. The Balaban J connectivity index is 1.88. The van der Waals surface area contributed by atoms with Crippen molar-refractivity contribution in [2.24, 2.45) is 0 Å². The van der Waals surface area contributed by atoms with Crippen LogP contribution < -0.4 is 0 Å². The van der Waals surface area contributed by atoms with Crippen molar-refractivity contribution in [3.63, 3.8) is 0 Å². The standard InChI is InChI=1S/C28H22/c1-17-8-11-21-20-6-4-5-7-24(20)28(25(21)14-17)26-15-18(2)9-12-22(26)23-13-10-19(3)16-27(23)28/h4-16H,1-3H3. The predicted octanol–water partition coefficient (Wildman–Crippen LogP) is 6.96. The maximum Gasteiger partial charge on any atom is 0.0725 e. The molecule has 2 aliphatic carbocycles. The average molecular weight is 358 g/mol. The highest BCUT2D eigenvalue weighted by atomic mass is 14.5. The first-order valence-corrected chi connectivity index (χ1v) is 10.0. The van der Waals surface area contributed by atoms with Crippen molar-refractivity contribution in [1.82, 2.24) is 0 Å². The van der Waals surface area contributed by atoms with Gasteiger partial charge in [0.2, 0.25) is 0 Å².